The van der Waals surface area contributed by atoms with Crippen LogP contribution in [0.4, 0.5) is 0 Å². The molecule has 0 saturated carbocycles. The fraction of sp³-hybridized carbons (Fsp3) is 0.500. The van der Waals surface area contributed by atoms with Gasteiger partial charge in [0.15, 0.2) is 0 Å². The van der Waals surface area contributed by atoms with Gasteiger partial charge in [-0.1, -0.05) is 87.8 Å². The van der Waals surface area contributed by atoms with Crippen LogP contribution in [0.15, 0.2) is 70.5 Å². The first-order chi connectivity index (χ1) is 12.9. The van der Waals surface area contributed by atoms with Crippen molar-refractivity contribution < 1.29 is 0 Å². The summed E-state index contributed by atoms with van der Waals surface area (Å²) in [5.41, 5.74) is 0. The minimum atomic E-state index is 1.27. The van der Waals surface area contributed by atoms with E-state index in [4.69, 9.17) is 0 Å². The van der Waals surface area contributed by atoms with Gasteiger partial charge in [-0.15, -0.1) is 23.5 Å². The lowest BCUT2D eigenvalue weighted by atomic mass is 10.1. The van der Waals surface area contributed by atoms with Crippen LogP contribution >= 0.6 is 23.5 Å². The Hall–Kier alpha value is -0.860. The van der Waals surface area contributed by atoms with E-state index < -0.39 is 0 Å². The van der Waals surface area contributed by atoms with Gasteiger partial charge in [-0.3, -0.25) is 0 Å². The molecule has 142 valence electrons. The van der Waals surface area contributed by atoms with Gasteiger partial charge in [0, 0.05) is 9.79 Å². The van der Waals surface area contributed by atoms with E-state index in [9.17, 15) is 0 Å². The molecule has 0 aliphatic heterocycles. The van der Waals surface area contributed by atoms with E-state index in [1.54, 1.807) is 0 Å². The Morgan fingerprint density at radius 2 is 0.692 bits per heavy atom. The summed E-state index contributed by atoms with van der Waals surface area (Å²) in [6.07, 6.45) is 14.1. The van der Waals surface area contributed by atoms with Gasteiger partial charge < -0.3 is 0 Å². The minimum Gasteiger partial charge on any atom is -0.126 e. The molecular formula is C24H34S2. The molecule has 0 aliphatic rings. The molecule has 2 rings (SSSR count). The number of hydrogen-bond donors (Lipinski definition) is 0. The number of unbranched alkanes of at least 4 members (excludes halogenated alkanes) is 9. The van der Waals surface area contributed by atoms with Crippen LogP contribution in [0.5, 0.6) is 0 Å². The highest BCUT2D eigenvalue weighted by molar-refractivity contribution is 7.99. The van der Waals surface area contributed by atoms with Crippen molar-refractivity contribution in [3.8, 4) is 0 Å². The molecule has 0 atom stereocenters. The highest BCUT2D eigenvalue weighted by Gasteiger charge is 1.96. The Morgan fingerprint density at radius 1 is 0.385 bits per heavy atom. The van der Waals surface area contributed by atoms with Crippen molar-refractivity contribution >= 4 is 23.5 Å². The van der Waals surface area contributed by atoms with E-state index in [0.29, 0.717) is 0 Å². The quantitative estimate of drug-likeness (QED) is 0.222. The molecule has 0 saturated heterocycles. The van der Waals surface area contributed by atoms with Crippen LogP contribution in [-0.2, 0) is 0 Å². The molecule has 0 amide bonds. The molecule has 0 aromatic heterocycles. The first-order valence-corrected chi connectivity index (χ1v) is 12.3. The molecular weight excluding hydrogens is 352 g/mol. The smallest absolute Gasteiger partial charge is 0.00719 e. The van der Waals surface area contributed by atoms with Gasteiger partial charge in [0.1, 0.15) is 0 Å². The summed E-state index contributed by atoms with van der Waals surface area (Å²) in [5.74, 6) is 2.54. The van der Waals surface area contributed by atoms with Gasteiger partial charge in [0.2, 0.25) is 0 Å². The van der Waals surface area contributed by atoms with Gasteiger partial charge in [-0.25, -0.2) is 0 Å². The van der Waals surface area contributed by atoms with Crippen LogP contribution in [0.2, 0.25) is 0 Å². The zero-order valence-corrected chi connectivity index (χ0v) is 17.7. The number of thioether (sulfide) groups is 2. The Bertz CT molecular complexity index is 487. The first kappa shape index (κ1) is 21.4. The summed E-state index contributed by atoms with van der Waals surface area (Å²) in [7, 11) is 0. The lowest BCUT2D eigenvalue weighted by Gasteiger charge is -2.04. The summed E-state index contributed by atoms with van der Waals surface area (Å²) in [4.78, 5) is 2.82. The van der Waals surface area contributed by atoms with Crippen molar-refractivity contribution in [3.05, 3.63) is 60.7 Å². The number of rotatable bonds is 15. The molecule has 0 N–H and O–H groups in total. The molecule has 26 heavy (non-hydrogen) atoms. The molecule has 0 spiro atoms. The van der Waals surface area contributed by atoms with Gasteiger partial charge in [0.05, 0.1) is 0 Å². The molecule has 2 aromatic carbocycles. The van der Waals surface area contributed by atoms with E-state index >= 15 is 0 Å². The minimum absolute atomic E-state index is 1.27. The SMILES string of the molecule is c1ccc(SCCCCCCCCCCCCSc2ccccc2)cc1. The number of benzene rings is 2. The molecule has 0 unspecified atom stereocenters. The zero-order chi connectivity index (χ0) is 18.1. The highest BCUT2D eigenvalue weighted by Crippen LogP contribution is 2.20. The summed E-state index contributed by atoms with van der Waals surface area (Å²) in [5, 5.41) is 0. The predicted molar refractivity (Wildman–Crippen MR) is 121 cm³/mol. The van der Waals surface area contributed by atoms with Crippen LogP contribution in [0, 0.1) is 0 Å². The topological polar surface area (TPSA) is 0 Å². The highest BCUT2D eigenvalue weighted by atomic mass is 32.2. The normalized spacial score (nSPS) is 10.9. The summed E-state index contributed by atoms with van der Waals surface area (Å²) >= 11 is 4.00. The summed E-state index contributed by atoms with van der Waals surface area (Å²) < 4.78 is 0. The van der Waals surface area contributed by atoms with Crippen molar-refractivity contribution in [2.45, 2.75) is 74.0 Å². The second-order valence-corrected chi connectivity index (χ2v) is 9.20. The van der Waals surface area contributed by atoms with Gasteiger partial charge >= 0.3 is 0 Å². The van der Waals surface area contributed by atoms with Crippen molar-refractivity contribution in [3.63, 3.8) is 0 Å². The van der Waals surface area contributed by atoms with E-state index in [2.05, 4.69) is 60.7 Å². The molecule has 2 aromatic rings. The fourth-order valence-electron chi connectivity index (χ4n) is 3.03. The van der Waals surface area contributed by atoms with E-state index in [1.807, 2.05) is 23.5 Å². The molecule has 2 heteroatoms. The largest absolute Gasteiger partial charge is 0.126 e. The van der Waals surface area contributed by atoms with E-state index in [1.165, 1.54) is 85.5 Å². The van der Waals surface area contributed by atoms with Crippen LogP contribution in [0.1, 0.15) is 64.2 Å². The van der Waals surface area contributed by atoms with Crippen molar-refractivity contribution in [2.75, 3.05) is 11.5 Å². The summed E-state index contributed by atoms with van der Waals surface area (Å²) in [6.45, 7) is 0. The van der Waals surface area contributed by atoms with Gasteiger partial charge in [0.25, 0.3) is 0 Å². The van der Waals surface area contributed by atoms with E-state index in [0.717, 1.165) is 0 Å². The van der Waals surface area contributed by atoms with Gasteiger partial charge in [-0.05, 0) is 48.6 Å². The lowest BCUT2D eigenvalue weighted by molar-refractivity contribution is 0.564. The predicted octanol–water partition coefficient (Wildman–Crippen LogP) is 8.47. The third-order valence-corrected chi connectivity index (χ3v) is 6.76. The lowest BCUT2D eigenvalue weighted by Crippen LogP contribution is -1.85. The Morgan fingerprint density at radius 3 is 1.04 bits per heavy atom. The Balaban J connectivity index is 1.28. The maximum Gasteiger partial charge on any atom is 0.00719 e. The third kappa shape index (κ3) is 11.0. The van der Waals surface area contributed by atoms with Crippen LogP contribution in [-0.4, -0.2) is 11.5 Å². The summed E-state index contributed by atoms with van der Waals surface area (Å²) in [6, 6.07) is 21.6. The molecule has 0 fully saturated rings. The molecule has 0 heterocycles. The van der Waals surface area contributed by atoms with Crippen LogP contribution < -0.4 is 0 Å². The maximum atomic E-state index is 2.21. The van der Waals surface area contributed by atoms with E-state index in [-0.39, 0.29) is 0 Å². The molecule has 0 nitrogen and oxygen atoms in total. The monoisotopic (exact) mass is 386 g/mol. The van der Waals surface area contributed by atoms with Crippen molar-refractivity contribution in [1.29, 1.82) is 0 Å². The van der Waals surface area contributed by atoms with Gasteiger partial charge in [-0.2, -0.15) is 0 Å². The molecule has 0 radical (unpaired) electrons. The maximum absolute atomic E-state index is 2.21. The second kappa shape index (κ2) is 15.2. The average molecular weight is 387 g/mol. The standard InChI is InChI=1S/C24H34S2/c1(3-5-7-15-21-25-23-17-11-9-12-18-23)2-4-6-8-16-22-26-24-19-13-10-14-20-24/h9-14,17-20H,1-8,15-16,21-22H2. The first-order valence-electron chi connectivity index (χ1n) is 10.3. The number of hydrogen-bond acceptors (Lipinski definition) is 2. The molecule has 0 aliphatic carbocycles. The Labute approximate surface area is 169 Å². The zero-order valence-electron chi connectivity index (χ0n) is 16.1. The van der Waals surface area contributed by atoms with Crippen LogP contribution in [0.3, 0.4) is 0 Å². The third-order valence-electron chi connectivity index (χ3n) is 4.56. The van der Waals surface area contributed by atoms with Crippen LogP contribution in [0.25, 0.3) is 0 Å². The fourth-order valence-corrected chi connectivity index (χ4v) is 4.90. The van der Waals surface area contributed by atoms with Crippen molar-refractivity contribution in [1.82, 2.24) is 0 Å². The average Bonchev–Trinajstić information content (AvgIpc) is 2.70. The second-order valence-electron chi connectivity index (χ2n) is 6.86. The Kier molecular flexibility index (Phi) is 12.6. The molecule has 0 bridgehead atoms. The van der Waals surface area contributed by atoms with Crippen molar-refractivity contribution in [2.24, 2.45) is 0 Å².